The van der Waals surface area contributed by atoms with Crippen LogP contribution in [0.2, 0.25) is 10.0 Å². The van der Waals surface area contributed by atoms with E-state index in [1.54, 1.807) is 24.3 Å². The summed E-state index contributed by atoms with van der Waals surface area (Å²) in [5.74, 6) is 0.508. The number of hydrogen-bond acceptors (Lipinski definition) is 4. The molecular weight excluding hydrogens is 423 g/mol. The van der Waals surface area contributed by atoms with Gasteiger partial charge < -0.3 is 4.74 Å². The molecule has 2 heterocycles. The maximum Gasteiger partial charge on any atom is 0.315 e. The zero-order chi connectivity index (χ0) is 20.9. The summed E-state index contributed by atoms with van der Waals surface area (Å²) in [7, 11) is 0. The maximum atomic E-state index is 13.0. The van der Waals surface area contributed by atoms with Crippen LogP contribution in [-0.2, 0) is 5.41 Å². The van der Waals surface area contributed by atoms with Crippen LogP contribution in [0.15, 0.2) is 59.5 Å². The van der Waals surface area contributed by atoms with E-state index in [9.17, 15) is 10.1 Å². The van der Waals surface area contributed by atoms with Crippen molar-refractivity contribution in [3.8, 4) is 17.6 Å². The second kappa shape index (κ2) is 6.91. The van der Waals surface area contributed by atoms with Gasteiger partial charge in [-0.2, -0.15) is 9.78 Å². The number of H-pyrrole nitrogens is 1. The van der Waals surface area contributed by atoms with E-state index in [4.69, 9.17) is 27.9 Å². The summed E-state index contributed by atoms with van der Waals surface area (Å²) >= 11 is 11.9. The quantitative estimate of drug-likeness (QED) is 0.483. The van der Waals surface area contributed by atoms with Gasteiger partial charge in [-0.15, -0.1) is 0 Å². The number of nitriles is 1. The van der Waals surface area contributed by atoms with Gasteiger partial charge >= 0.3 is 5.56 Å². The molecule has 0 aliphatic heterocycles. The standard InChI is InChI=1S/C22H14Cl2N4O2/c23-14-3-1-13(2-4-14)22(9-10-22)19-17(11-25)20-26-12-18(21(29)28(20)27-19)30-16-7-5-15(24)6-8-16/h1-8,12,27H,9-10H2. The monoisotopic (exact) mass is 436 g/mol. The summed E-state index contributed by atoms with van der Waals surface area (Å²) in [6.45, 7) is 0. The van der Waals surface area contributed by atoms with E-state index in [1.807, 2.05) is 24.3 Å². The van der Waals surface area contributed by atoms with Crippen molar-refractivity contribution in [1.29, 1.82) is 5.26 Å². The average Bonchev–Trinajstić information content (AvgIpc) is 3.46. The highest BCUT2D eigenvalue weighted by molar-refractivity contribution is 6.30. The molecule has 0 radical (unpaired) electrons. The third-order valence-electron chi connectivity index (χ3n) is 5.41. The van der Waals surface area contributed by atoms with Crippen LogP contribution in [0.4, 0.5) is 0 Å². The van der Waals surface area contributed by atoms with Gasteiger partial charge in [0.05, 0.1) is 11.9 Å². The molecule has 1 saturated carbocycles. The number of halogens is 2. The van der Waals surface area contributed by atoms with Crippen molar-refractivity contribution in [2.75, 3.05) is 0 Å². The molecule has 0 atom stereocenters. The fourth-order valence-corrected chi connectivity index (χ4v) is 3.98. The van der Waals surface area contributed by atoms with Gasteiger partial charge in [0.1, 0.15) is 17.4 Å². The van der Waals surface area contributed by atoms with E-state index in [0.717, 1.165) is 18.4 Å². The first-order chi connectivity index (χ1) is 14.5. The van der Waals surface area contributed by atoms with Crippen LogP contribution in [-0.4, -0.2) is 14.6 Å². The fraction of sp³-hybridized carbons (Fsp3) is 0.136. The molecule has 0 bridgehead atoms. The van der Waals surface area contributed by atoms with Gasteiger partial charge in [0.15, 0.2) is 5.65 Å². The predicted molar refractivity (Wildman–Crippen MR) is 114 cm³/mol. The lowest BCUT2D eigenvalue weighted by Crippen LogP contribution is -2.17. The van der Waals surface area contributed by atoms with Crippen molar-refractivity contribution in [3.05, 3.63) is 91.9 Å². The third-order valence-corrected chi connectivity index (χ3v) is 5.91. The molecular formula is C22H14Cl2N4O2. The van der Waals surface area contributed by atoms with Gasteiger partial charge in [-0.3, -0.25) is 9.89 Å². The van der Waals surface area contributed by atoms with Crippen LogP contribution in [0.3, 0.4) is 0 Å². The molecule has 6 nitrogen and oxygen atoms in total. The van der Waals surface area contributed by atoms with Crippen molar-refractivity contribution < 1.29 is 4.74 Å². The lowest BCUT2D eigenvalue weighted by molar-refractivity contribution is 0.469. The molecule has 1 aliphatic carbocycles. The number of nitrogens with one attached hydrogen (secondary N) is 1. The number of fused-ring (bicyclic) bond motifs is 1. The Bertz CT molecular complexity index is 1360. The zero-order valence-corrected chi connectivity index (χ0v) is 17.0. The first-order valence-corrected chi connectivity index (χ1v) is 10.0. The second-order valence-electron chi connectivity index (χ2n) is 7.21. The molecule has 5 rings (SSSR count). The smallest absolute Gasteiger partial charge is 0.315 e. The molecule has 1 aliphatic rings. The SMILES string of the molecule is N#Cc1c(C2(c3ccc(Cl)cc3)CC2)[nH]n2c(=O)c(Oc3ccc(Cl)cc3)cnc12. The van der Waals surface area contributed by atoms with E-state index in [2.05, 4.69) is 16.2 Å². The van der Waals surface area contributed by atoms with Crippen LogP contribution in [0, 0.1) is 11.3 Å². The Kier molecular flexibility index (Phi) is 4.31. The van der Waals surface area contributed by atoms with Crippen molar-refractivity contribution in [2.24, 2.45) is 0 Å². The number of nitrogens with zero attached hydrogens (tertiary/aromatic N) is 3. The minimum Gasteiger partial charge on any atom is -0.450 e. The highest BCUT2D eigenvalue weighted by Gasteiger charge is 2.49. The molecule has 0 spiro atoms. The Balaban J connectivity index is 1.62. The van der Waals surface area contributed by atoms with Crippen LogP contribution in [0.25, 0.3) is 5.65 Å². The molecule has 30 heavy (non-hydrogen) atoms. The summed E-state index contributed by atoms with van der Waals surface area (Å²) in [5, 5.41) is 14.2. The molecule has 4 aromatic rings. The minimum absolute atomic E-state index is 0.0449. The van der Waals surface area contributed by atoms with Crippen LogP contribution >= 0.6 is 23.2 Å². The lowest BCUT2D eigenvalue weighted by atomic mass is 9.90. The van der Waals surface area contributed by atoms with E-state index in [0.29, 0.717) is 27.1 Å². The van der Waals surface area contributed by atoms with Gasteiger partial charge in [0.2, 0.25) is 5.75 Å². The number of ether oxygens (including phenoxy) is 1. The minimum atomic E-state index is -0.426. The topological polar surface area (TPSA) is 83.2 Å². The number of aromatic amines is 1. The Morgan fingerprint density at radius 3 is 2.30 bits per heavy atom. The molecule has 8 heteroatoms. The van der Waals surface area contributed by atoms with Crippen molar-refractivity contribution in [2.45, 2.75) is 18.3 Å². The molecule has 1 N–H and O–H groups in total. The lowest BCUT2D eigenvalue weighted by Gasteiger charge is -2.14. The van der Waals surface area contributed by atoms with Crippen molar-refractivity contribution >= 4 is 28.8 Å². The second-order valence-corrected chi connectivity index (χ2v) is 8.08. The van der Waals surface area contributed by atoms with Crippen LogP contribution in [0.5, 0.6) is 11.5 Å². The zero-order valence-electron chi connectivity index (χ0n) is 15.5. The van der Waals surface area contributed by atoms with Gasteiger partial charge in [0.25, 0.3) is 0 Å². The highest BCUT2D eigenvalue weighted by atomic mass is 35.5. The Hall–Kier alpha value is -3.27. The third kappa shape index (κ3) is 2.95. The normalized spacial score (nSPS) is 14.4. The first-order valence-electron chi connectivity index (χ1n) is 9.26. The molecule has 0 amide bonds. The van der Waals surface area contributed by atoms with E-state index in [-0.39, 0.29) is 16.8 Å². The highest BCUT2D eigenvalue weighted by Crippen LogP contribution is 2.54. The van der Waals surface area contributed by atoms with Gasteiger partial charge in [-0.05, 0) is 54.8 Å². The number of rotatable bonds is 4. The van der Waals surface area contributed by atoms with Crippen LogP contribution < -0.4 is 10.3 Å². The van der Waals surface area contributed by atoms with E-state index in [1.165, 1.54) is 10.7 Å². The molecule has 0 unspecified atom stereocenters. The molecule has 2 aromatic carbocycles. The predicted octanol–water partition coefficient (Wildman–Crippen LogP) is 5.07. The van der Waals surface area contributed by atoms with E-state index < -0.39 is 5.56 Å². The Morgan fingerprint density at radius 2 is 1.70 bits per heavy atom. The Morgan fingerprint density at radius 1 is 1.07 bits per heavy atom. The number of hydrogen-bond donors (Lipinski definition) is 1. The first kappa shape index (κ1) is 18.7. The Labute approximate surface area is 181 Å². The van der Waals surface area contributed by atoms with Gasteiger partial charge in [-0.25, -0.2) is 4.98 Å². The largest absolute Gasteiger partial charge is 0.450 e. The summed E-state index contributed by atoms with van der Waals surface area (Å²) in [5.41, 5.74) is 1.58. The molecule has 1 fully saturated rings. The summed E-state index contributed by atoms with van der Waals surface area (Å²) in [4.78, 5) is 17.4. The summed E-state index contributed by atoms with van der Waals surface area (Å²) in [6.07, 6.45) is 3.06. The summed E-state index contributed by atoms with van der Waals surface area (Å²) in [6, 6.07) is 16.4. The van der Waals surface area contributed by atoms with E-state index >= 15 is 0 Å². The fourth-order valence-electron chi connectivity index (χ4n) is 3.73. The average molecular weight is 437 g/mol. The number of benzene rings is 2. The van der Waals surface area contributed by atoms with Crippen molar-refractivity contribution in [1.82, 2.24) is 14.6 Å². The molecule has 148 valence electrons. The van der Waals surface area contributed by atoms with Gasteiger partial charge in [-0.1, -0.05) is 35.3 Å². The summed E-state index contributed by atoms with van der Waals surface area (Å²) < 4.78 is 6.95. The van der Waals surface area contributed by atoms with Gasteiger partial charge in [0, 0.05) is 15.5 Å². The van der Waals surface area contributed by atoms with Crippen molar-refractivity contribution in [3.63, 3.8) is 0 Å². The number of aromatic nitrogens is 3. The molecule has 2 aromatic heterocycles. The van der Waals surface area contributed by atoms with Crippen LogP contribution in [0.1, 0.15) is 29.7 Å². The molecule has 0 saturated heterocycles. The maximum absolute atomic E-state index is 13.0.